The monoisotopic (exact) mass is 349 g/mol. The van der Waals surface area contributed by atoms with E-state index in [1.807, 2.05) is 25.1 Å². The number of nitrogens with one attached hydrogen (secondary N) is 2. The van der Waals surface area contributed by atoms with Crippen molar-refractivity contribution in [3.05, 3.63) is 58.9 Å². The van der Waals surface area contributed by atoms with Gasteiger partial charge >= 0.3 is 0 Å². The van der Waals surface area contributed by atoms with Gasteiger partial charge in [-0.15, -0.1) is 0 Å². The fourth-order valence-corrected chi connectivity index (χ4v) is 3.65. The van der Waals surface area contributed by atoms with Gasteiger partial charge < -0.3 is 4.98 Å². The second-order valence-corrected chi connectivity index (χ2v) is 7.59. The van der Waals surface area contributed by atoms with E-state index in [2.05, 4.69) is 14.7 Å². The minimum atomic E-state index is -3.64. The Bertz CT molecular complexity index is 949. The maximum Gasteiger partial charge on any atom is 0.241 e. The van der Waals surface area contributed by atoms with E-state index in [9.17, 15) is 8.42 Å². The number of aromatic nitrogens is 2. The minimum absolute atomic E-state index is 0.167. The highest BCUT2D eigenvalue weighted by Gasteiger charge is 2.20. The molecule has 2 aromatic carbocycles. The number of nitrogens with zero attached hydrogens (tertiary/aromatic N) is 1. The van der Waals surface area contributed by atoms with Gasteiger partial charge in [0.05, 0.1) is 22.0 Å². The lowest BCUT2D eigenvalue weighted by Gasteiger charge is -2.12. The van der Waals surface area contributed by atoms with E-state index >= 15 is 0 Å². The van der Waals surface area contributed by atoms with E-state index < -0.39 is 16.1 Å². The molecule has 1 aromatic heterocycles. The minimum Gasteiger partial charge on any atom is -0.341 e. The molecule has 1 heterocycles. The zero-order chi connectivity index (χ0) is 16.6. The Morgan fingerprint density at radius 1 is 1.17 bits per heavy atom. The summed E-state index contributed by atoms with van der Waals surface area (Å²) in [5.41, 5.74) is 2.81. The molecule has 0 saturated heterocycles. The number of aromatic amines is 1. The van der Waals surface area contributed by atoms with Gasteiger partial charge in [-0.25, -0.2) is 18.1 Å². The molecule has 23 heavy (non-hydrogen) atoms. The van der Waals surface area contributed by atoms with Gasteiger partial charge in [0.25, 0.3) is 0 Å². The number of benzene rings is 2. The van der Waals surface area contributed by atoms with Crippen molar-refractivity contribution >= 4 is 32.7 Å². The third-order valence-electron chi connectivity index (χ3n) is 3.52. The summed E-state index contributed by atoms with van der Waals surface area (Å²) >= 11 is 5.79. The second-order valence-electron chi connectivity index (χ2n) is 5.44. The summed E-state index contributed by atoms with van der Waals surface area (Å²) in [4.78, 5) is 7.77. The predicted molar refractivity (Wildman–Crippen MR) is 91.0 cm³/mol. The standard InChI is InChI=1S/C16H16ClN3O2S/c1-10-3-8-14-15(9-10)19-16(18-14)11(2)20-23(21,22)13-6-4-12(17)5-7-13/h3-9,11,20H,1-2H3,(H,18,19). The van der Waals surface area contributed by atoms with Crippen LogP contribution in [0.3, 0.4) is 0 Å². The first-order valence-electron chi connectivity index (χ1n) is 7.09. The molecule has 1 unspecified atom stereocenters. The van der Waals surface area contributed by atoms with Crippen LogP contribution in [0.2, 0.25) is 5.02 Å². The lowest BCUT2D eigenvalue weighted by atomic mass is 10.2. The SMILES string of the molecule is Cc1ccc2nc(C(C)NS(=O)(=O)c3ccc(Cl)cc3)[nH]c2c1. The fourth-order valence-electron chi connectivity index (χ4n) is 2.32. The summed E-state index contributed by atoms with van der Waals surface area (Å²) in [6.45, 7) is 3.74. The number of rotatable bonds is 4. The van der Waals surface area contributed by atoms with Crippen LogP contribution in [0.25, 0.3) is 11.0 Å². The van der Waals surface area contributed by atoms with Gasteiger partial charge in [-0.3, -0.25) is 0 Å². The molecular weight excluding hydrogens is 334 g/mol. The van der Waals surface area contributed by atoms with E-state index in [4.69, 9.17) is 11.6 Å². The van der Waals surface area contributed by atoms with Crippen LogP contribution in [0.15, 0.2) is 47.4 Å². The van der Waals surface area contributed by atoms with Gasteiger partial charge in [0.2, 0.25) is 10.0 Å². The van der Waals surface area contributed by atoms with Gasteiger partial charge in [0.1, 0.15) is 5.82 Å². The largest absolute Gasteiger partial charge is 0.341 e. The van der Waals surface area contributed by atoms with E-state index in [1.165, 1.54) is 12.1 Å². The third kappa shape index (κ3) is 3.39. The summed E-state index contributed by atoms with van der Waals surface area (Å²) in [6, 6.07) is 11.4. The van der Waals surface area contributed by atoms with Crippen LogP contribution in [-0.2, 0) is 10.0 Å². The quantitative estimate of drug-likeness (QED) is 0.756. The fraction of sp³-hybridized carbons (Fsp3) is 0.188. The smallest absolute Gasteiger partial charge is 0.241 e. The van der Waals surface area contributed by atoms with Gasteiger partial charge in [0, 0.05) is 5.02 Å². The molecule has 0 fully saturated rings. The van der Waals surface area contributed by atoms with Crippen LogP contribution >= 0.6 is 11.6 Å². The Morgan fingerprint density at radius 3 is 2.57 bits per heavy atom. The molecule has 7 heteroatoms. The molecule has 0 spiro atoms. The molecular formula is C16H16ClN3O2S. The van der Waals surface area contributed by atoms with Crippen LogP contribution in [0.5, 0.6) is 0 Å². The average molecular weight is 350 g/mol. The zero-order valence-corrected chi connectivity index (χ0v) is 14.2. The summed E-state index contributed by atoms with van der Waals surface area (Å²) in [6.07, 6.45) is 0. The maximum absolute atomic E-state index is 12.4. The van der Waals surface area contributed by atoms with Gasteiger partial charge in [-0.05, 0) is 55.8 Å². The number of aryl methyl sites for hydroxylation is 1. The first-order chi connectivity index (χ1) is 10.8. The number of hydrogen-bond acceptors (Lipinski definition) is 3. The highest BCUT2D eigenvalue weighted by atomic mass is 35.5. The molecule has 0 aliphatic rings. The highest BCUT2D eigenvalue weighted by molar-refractivity contribution is 7.89. The number of halogens is 1. The van der Waals surface area contributed by atoms with Gasteiger partial charge in [-0.1, -0.05) is 17.7 Å². The Kier molecular flexibility index (Phi) is 4.14. The van der Waals surface area contributed by atoms with Crippen molar-refractivity contribution in [2.75, 3.05) is 0 Å². The molecule has 3 rings (SSSR count). The van der Waals surface area contributed by atoms with Crippen LogP contribution < -0.4 is 4.72 Å². The Balaban J connectivity index is 1.87. The Labute approximate surface area is 139 Å². The average Bonchev–Trinajstić information content (AvgIpc) is 2.90. The van der Waals surface area contributed by atoms with Crippen LogP contribution in [-0.4, -0.2) is 18.4 Å². The normalized spacial score (nSPS) is 13.3. The van der Waals surface area contributed by atoms with Crippen LogP contribution in [0.1, 0.15) is 24.4 Å². The van der Waals surface area contributed by atoms with Crippen molar-refractivity contribution in [1.29, 1.82) is 0 Å². The lowest BCUT2D eigenvalue weighted by molar-refractivity contribution is 0.561. The van der Waals surface area contributed by atoms with E-state index in [1.54, 1.807) is 19.1 Å². The first-order valence-corrected chi connectivity index (χ1v) is 8.95. The molecule has 120 valence electrons. The summed E-state index contributed by atoms with van der Waals surface area (Å²) in [5.74, 6) is 0.572. The van der Waals surface area contributed by atoms with Crippen molar-refractivity contribution in [3.63, 3.8) is 0 Å². The third-order valence-corrected chi connectivity index (χ3v) is 5.33. The molecule has 2 N–H and O–H groups in total. The first kappa shape index (κ1) is 16.0. The number of hydrogen-bond donors (Lipinski definition) is 2. The van der Waals surface area contributed by atoms with E-state index in [0.717, 1.165) is 16.6 Å². The molecule has 0 aliphatic heterocycles. The molecule has 0 amide bonds. The summed E-state index contributed by atoms with van der Waals surface area (Å²) in [5, 5.41) is 0.490. The van der Waals surface area contributed by atoms with E-state index in [0.29, 0.717) is 10.8 Å². The zero-order valence-electron chi connectivity index (χ0n) is 12.7. The van der Waals surface area contributed by atoms with Crippen molar-refractivity contribution in [3.8, 4) is 0 Å². The molecule has 3 aromatic rings. The molecule has 0 bridgehead atoms. The van der Waals surface area contributed by atoms with Crippen molar-refractivity contribution in [1.82, 2.24) is 14.7 Å². The number of fused-ring (bicyclic) bond motifs is 1. The number of H-pyrrole nitrogens is 1. The van der Waals surface area contributed by atoms with Gasteiger partial charge in [-0.2, -0.15) is 0 Å². The number of sulfonamides is 1. The summed E-state index contributed by atoms with van der Waals surface area (Å²) < 4.78 is 27.4. The van der Waals surface area contributed by atoms with Crippen molar-refractivity contribution < 1.29 is 8.42 Å². The Morgan fingerprint density at radius 2 is 1.87 bits per heavy atom. The maximum atomic E-state index is 12.4. The van der Waals surface area contributed by atoms with Crippen LogP contribution in [0, 0.1) is 6.92 Å². The molecule has 1 atom stereocenters. The summed E-state index contributed by atoms with van der Waals surface area (Å²) in [7, 11) is -3.64. The molecule has 0 saturated carbocycles. The highest BCUT2D eigenvalue weighted by Crippen LogP contribution is 2.20. The second kappa shape index (κ2) is 5.96. The van der Waals surface area contributed by atoms with Crippen molar-refractivity contribution in [2.45, 2.75) is 24.8 Å². The number of imidazole rings is 1. The van der Waals surface area contributed by atoms with Gasteiger partial charge in [0.15, 0.2) is 0 Å². The van der Waals surface area contributed by atoms with E-state index in [-0.39, 0.29) is 4.90 Å². The predicted octanol–water partition coefficient (Wildman–Crippen LogP) is 3.56. The molecule has 5 nitrogen and oxygen atoms in total. The molecule has 0 aliphatic carbocycles. The Hall–Kier alpha value is -1.89. The van der Waals surface area contributed by atoms with Crippen LogP contribution in [0.4, 0.5) is 0 Å². The lowest BCUT2D eigenvalue weighted by Crippen LogP contribution is -2.27. The molecule has 0 radical (unpaired) electrons. The van der Waals surface area contributed by atoms with Crippen molar-refractivity contribution in [2.24, 2.45) is 0 Å². The topological polar surface area (TPSA) is 74.8 Å².